The van der Waals surface area contributed by atoms with Gasteiger partial charge in [0, 0.05) is 18.5 Å². The van der Waals surface area contributed by atoms with Crippen molar-refractivity contribution in [2.24, 2.45) is 0 Å². The van der Waals surface area contributed by atoms with Gasteiger partial charge in [-0.3, -0.25) is 0 Å². The molecule has 138 valence electrons. The number of hydrogen-bond acceptors (Lipinski definition) is 7. The highest BCUT2D eigenvalue weighted by Gasteiger charge is 2.14. The largest absolute Gasteiger partial charge is 0.436 e. The van der Waals surface area contributed by atoms with Gasteiger partial charge in [-0.1, -0.05) is 34.4 Å². The van der Waals surface area contributed by atoms with Crippen LogP contribution in [-0.2, 0) is 6.42 Å². The van der Waals surface area contributed by atoms with Crippen molar-refractivity contribution in [1.82, 2.24) is 25.7 Å². The average molecular weight is 417 g/mol. The van der Waals surface area contributed by atoms with Crippen molar-refractivity contribution in [3.8, 4) is 23.2 Å². The van der Waals surface area contributed by atoms with Crippen molar-refractivity contribution < 1.29 is 9.26 Å². The fourth-order valence-electron chi connectivity index (χ4n) is 1.98. The van der Waals surface area contributed by atoms with Gasteiger partial charge < -0.3 is 14.6 Å². The van der Waals surface area contributed by atoms with Gasteiger partial charge in [0.05, 0.1) is 5.02 Å². The van der Waals surface area contributed by atoms with E-state index in [1.807, 2.05) is 14.0 Å². The highest BCUT2D eigenvalue weighted by molar-refractivity contribution is 6.42. The fraction of sp³-hybridized carbons (Fsp3) is 0.250. The molecule has 0 aliphatic carbocycles. The van der Waals surface area contributed by atoms with Gasteiger partial charge in [0.25, 0.3) is 5.89 Å². The highest BCUT2D eigenvalue weighted by Crippen LogP contribution is 2.34. The van der Waals surface area contributed by atoms with Crippen LogP contribution in [0, 0.1) is 0 Å². The molecule has 26 heavy (non-hydrogen) atoms. The van der Waals surface area contributed by atoms with Gasteiger partial charge in [-0.05, 0) is 32.2 Å². The molecule has 1 aromatic carbocycles. The molecule has 2 heterocycles. The highest BCUT2D eigenvalue weighted by atomic mass is 35.5. The molecule has 2 aromatic heterocycles. The monoisotopic (exact) mass is 415 g/mol. The summed E-state index contributed by atoms with van der Waals surface area (Å²) in [7, 11) is 1.88. The Labute approximate surface area is 166 Å². The first-order valence-electron chi connectivity index (χ1n) is 7.52. The lowest BCUT2D eigenvalue weighted by atomic mass is 10.2. The normalized spacial score (nSPS) is 11.7. The predicted molar refractivity (Wildman–Crippen MR) is 101 cm³/mol. The number of halogens is 3. The van der Waals surface area contributed by atoms with Crippen molar-refractivity contribution in [1.29, 1.82) is 0 Å². The number of hydrogen-bond donors (Lipinski definition) is 1. The van der Waals surface area contributed by atoms with E-state index in [-0.39, 0.29) is 24.3 Å². The van der Waals surface area contributed by atoms with Crippen LogP contribution in [0.4, 0.5) is 0 Å². The maximum absolute atomic E-state index is 6.08. The third kappa shape index (κ3) is 4.82. The number of aromatic nitrogens is 4. The van der Waals surface area contributed by atoms with Crippen molar-refractivity contribution in [3.05, 3.63) is 46.2 Å². The van der Waals surface area contributed by atoms with E-state index in [1.54, 1.807) is 30.3 Å². The van der Waals surface area contributed by atoms with Gasteiger partial charge in [0.1, 0.15) is 10.8 Å². The zero-order chi connectivity index (χ0) is 17.8. The first-order valence-corrected chi connectivity index (χ1v) is 8.28. The zero-order valence-corrected chi connectivity index (χ0v) is 16.3. The summed E-state index contributed by atoms with van der Waals surface area (Å²) in [5.74, 6) is 1.58. The summed E-state index contributed by atoms with van der Waals surface area (Å²) in [6.45, 7) is 2.03. The van der Waals surface area contributed by atoms with Crippen LogP contribution in [0.5, 0.6) is 11.6 Å². The lowest BCUT2D eigenvalue weighted by Crippen LogP contribution is -2.24. The van der Waals surface area contributed by atoms with E-state index < -0.39 is 0 Å². The standard InChI is InChI=1S/C16H15Cl2N5O2.ClH/c1-9(19-2)8-13-20-16(25-23-13)11-6-7-14(22-21-11)24-12-5-3-4-10(17)15(12)18;/h3-7,9,19H,8H2,1-2H3;1H. The molecular formula is C16H16Cl3N5O2. The Kier molecular flexibility index (Phi) is 7.16. The Balaban J connectivity index is 0.00000243. The number of rotatable bonds is 6. The summed E-state index contributed by atoms with van der Waals surface area (Å²) in [6.07, 6.45) is 0.655. The molecule has 3 aromatic rings. The maximum atomic E-state index is 6.08. The number of ether oxygens (including phenoxy) is 1. The summed E-state index contributed by atoms with van der Waals surface area (Å²) < 4.78 is 10.8. The van der Waals surface area contributed by atoms with Crippen LogP contribution in [-0.4, -0.2) is 33.4 Å². The second-order valence-corrected chi connectivity index (χ2v) is 6.11. The minimum Gasteiger partial charge on any atom is -0.436 e. The first-order chi connectivity index (χ1) is 12.1. The molecule has 3 rings (SSSR count). The fourth-order valence-corrected chi connectivity index (χ4v) is 2.31. The summed E-state index contributed by atoms with van der Waals surface area (Å²) in [6, 6.07) is 8.66. The molecule has 0 saturated carbocycles. The minimum absolute atomic E-state index is 0. The third-order valence-corrected chi connectivity index (χ3v) is 4.24. The van der Waals surface area contributed by atoms with Crippen molar-refractivity contribution in [2.45, 2.75) is 19.4 Å². The van der Waals surface area contributed by atoms with Crippen LogP contribution >= 0.6 is 35.6 Å². The maximum Gasteiger partial charge on any atom is 0.278 e. The van der Waals surface area contributed by atoms with E-state index in [0.29, 0.717) is 39.6 Å². The predicted octanol–water partition coefficient (Wildman–Crippen LogP) is 4.20. The summed E-state index contributed by atoms with van der Waals surface area (Å²) in [4.78, 5) is 4.31. The molecule has 0 amide bonds. The zero-order valence-electron chi connectivity index (χ0n) is 13.9. The molecule has 1 unspecified atom stereocenters. The van der Waals surface area contributed by atoms with Gasteiger partial charge >= 0.3 is 0 Å². The number of benzene rings is 1. The topological polar surface area (TPSA) is 86.0 Å². The van der Waals surface area contributed by atoms with Gasteiger partial charge in [0.2, 0.25) is 5.88 Å². The van der Waals surface area contributed by atoms with Crippen LogP contribution in [0.2, 0.25) is 10.0 Å². The molecule has 10 heteroatoms. The Bertz CT molecular complexity index is 857. The molecule has 0 radical (unpaired) electrons. The smallest absolute Gasteiger partial charge is 0.278 e. The molecule has 0 bridgehead atoms. The van der Waals surface area contributed by atoms with Crippen LogP contribution in [0.25, 0.3) is 11.6 Å². The third-order valence-electron chi connectivity index (χ3n) is 3.44. The molecule has 0 fully saturated rings. The minimum atomic E-state index is 0. The summed E-state index contributed by atoms with van der Waals surface area (Å²) >= 11 is 12.0. The van der Waals surface area contributed by atoms with Crippen molar-refractivity contribution >= 4 is 35.6 Å². The first kappa shape index (κ1) is 20.4. The lowest BCUT2D eigenvalue weighted by molar-refractivity contribution is 0.415. The molecule has 0 spiro atoms. The summed E-state index contributed by atoms with van der Waals surface area (Å²) in [5, 5.41) is 15.8. The van der Waals surface area contributed by atoms with Gasteiger partial charge in [0.15, 0.2) is 11.5 Å². The molecule has 0 aliphatic heterocycles. The van der Waals surface area contributed by atoms with Crippen LogP contribution < -0.4 is 10.1 Å². The van der Waals surface area contributed by atoms with E-state index in [2.05, 4.69) is 25.7 Å². The Morgan fingerprint density at radius 1 is 1.19 bits per heavy atom. The average Bonchev–Trinajstić information content (AvgIpc) is 3.08. The molecule has 1 N–H and O–H groups in total. The number of nitrogens with zero attached hydrogens (tertiary/aromatic N) is 4. The van der Waals surface area contributed by atoms with E-state index in [4.69, 9.17) is 32.5 Å². The Morgan fingerprint density at radius 2 is 2.00 bits per heavy atom. The number of nitrogens with one attached hydrogen (secondary N) is 1. The molecule has 0 aliphatic rings. The summed E-state index contributed by atoms with van der Waals surface area (Å²) in [5.41, 5.74) is 0.459. The second kappa shape index (κ2) is 9.14. The molecular weight excluding hydrogens is 401 g/mol. The second-order valence-electron chi connectivity index (χ2n) is 5.32. The van der Waals surface area contributed by atoms with Crippen LogP contribution in [0.3, 0.4) is 0 Å². The van der Waals surface area contributed by atoms with Crippen molar-refractivity contribution in [2.75, 3.05) is 7.05 Å². The number of likely N-dealkylation sites (N-methyl/N-ethyl adjacent to an activating group) is 1. The molecule has 7 nitrogen and oxygen atoms in total. The van der Waals surface area contributed by atoms with E-state index in [0.717, 1.165) is 0 Å². The quantitative estimate of drug-likeness (QED) is 0.644. The van der Waals surface area contributed by atoms with Gasteiger partial charge in [-0.2, -0.15) is 4.98 Å². The molecule has 0 saturated heterocycles. The Hall–Kier alpha value is -1.93. The van der Waals surface area contributed by atoms with E-state index >= 15 is 0 Å². The SMILES string of the molecule is CNC(C)Cc1noc(-c2ccc(Oc3cccc(Cl)c3Cl)nn2)n1.Cl. The lowest BCUT2D eigenvalue weighted by Gasteiger charge is -2.06. The molecule has 1 atom stereocenters. The Morgan fingerprint density at radius 3 is 2.69 bits per heavy atom. The van der Waals surface area contributed by atoms with Crippen LogP contribution in [0.15, 0.2) is 34.9 Å². The van der Waals surface area contributed by atoms with Crippen LogP contribution in [0.1, 0.15) is 12.7 Å². The van der Waals surface area contributed by atoms with Crippen molar-refractivity contribution in [3.63, 3.8) is 0 Å². The van der Waals surface area contributed by atoms with Gasteiger partial charge in [-0.15, -0.1) is 22.6 Å². The van der Waals surface area contributed by atoms with E-state index in [1.165, 1.54) is 0 Å². The van der Waals surface area contributed by atoms with Gasteiger partial charge in [-0.25, -0.2) is 0 Å². The van der Waals surface area contributed by atoms with E-state index in [9.17, 15) is 0 Å².